The van der Waals surface area contributed by atoms with Crippen molar-refractivity contribution in [1.82, 2.24) is 4.98 Å². The van der Waals surface area contributed by atoms with Crippen LogP contribution in [0.15, 0.2) is 6.07 Å². The van der Waals surface area contributed by atoms with Gasteiger partial charge in [0.15, 0.2) is 5.82 Å². The first-order valence-corrected chi connectivity index (χ1v) is 7.17. The first-order chi connectivity index (χ1) is 9.20. The van der Waals surface area contributed by atoms with Crippen LogP contribution >= 0.6 is 23.2 Å². The van der Waals surface area contributed by atoms with E-state index in [-0.39, 0.29) is 6.10 Å². The van der Waals surface area contributed by atoms with Gasteiger partial charge < -0.3 is 15.1 Å². The number of nitrogen functional groups attached to an aromatic ring is 1. The van der Waals surface area contributed by atoms with Gasteiger partial charge >= 0.3 is 0 Å². The van der Waals surface area contributed by atoms with E-state index < -0.39 is 0 Å². The standard InChI is InChI=1S/C12H16Cl2N4O/c13-7-6-8(14)12(16-11(7)17-15)18-4-5-19-10-3-1-2-9(10)18/h6,9-10H,1-5,15H2,(H,16,17). The van der Waals surface area contributed by atoms with Crippen LogP contribution in [0.5, 0.6) is 0 Å². The number of ether oxygens (including phenoxy) is 1. The first kappa shape index (κ1) is 13.2. The number of pyridine rings is 1. The monoisotopic (exact) mass is 302 g/mol. The molecule has 2 heterocycles. The maximum Gasteiger partial charge on any atom is 0.161 e. The maximum absolute atomic E-state index is 6.28. The smallest absolute Gasteiger partial charge is 0.161 e. The summed E-state index contributed by atoms with van der Waals surface area (Å²) in [6.07, 6.45) is 3.68. The van der Waals surface area contributed by atoms with Crippen molar-refractivity contribution in [2.24, 2.45) is 5.84 Å². The van der Waals surface area contributed by atoms with E-state index in [1.54, 1.807) is 6.07 Å². The number of fused-ring (bicyclic) bond motifs is 1. The summed E-state index contributed by atoms with van der Waals surface area (Å²) in [5.74, 6) is 6.60. The van der Waals surface area contributed by atoms with Gasteiger partial charge in [0.1, 0.15) is 5.82 Å². The molecule has 1 saturated carbocycles. The minimum Gasteiger partial charge on any atom is -0.374 e. The lowest BCUT2D eigenvalue weighted by molar-refractivity contribution is 0.0253. The molecule has 1 aromatic heterocycles. The zero-order valence-electron chi connectivity index (χ0n) is 10.4. The largest absolute Gasteiger partial charge is 0.374 e. The molecule has 1 aromatic rings. The molecule has 0 radical (unpaired) electrons. The Labute approximate surface area is 122 Å². The van der Waals surface area contributed by atoms with Crippen molar-refractivity contribution in [3.05, 3.63) is 16.1 Å². The van der Waals surface area contributed by atoms with Gasteiger partial charge in [0.05, 0.1) is 28.8 Å². The number of hydrogen-bond acceptors (Lipinski definition) is 5. The van der Waals surface area contributed by atoms with E-state index in [0.717, 1.165) is 25.2 Å². The molecule has 1 aliphatic carbocycles. The summed E-state index contributed by atoms with van der Waals surface area (Å²) < 4.78 is 5.79. The highest BCUT2D eigenvalue weighted by atomic mass is 35.5. The zero-order chi connectivity index (χ0) is 13.4. The number of nitrogens with one attached hydrogen (secondary N) is 1. The van der Waals surface area contributed by atoms with Crippen molar-refractivity contribution < 1.29 is 4.74 Å². The second-order valence-corrected chi connectivity index (χ2v) is 5.68. The number of rotatable bonds is 2. The van der Waals surface area contributed by atoms with Crippen molar-refractivity contribution in [2.75, 3.05) is 23.5 Å². The van der Waals surface area contributed by atoms with Gasteiger partial charge in [-0.3, -0.25) is 0 Å². The summed E-state index contributed by atoms with van der Waals surface area (Å²) in [7, 11) is 0. The molecule has 0 aromatic carbocycles. The molecule has 2 aliphatic rings. The molecule has 3 rings (SSSR count). The van der Waals surface area contributed by atoms with Crippen LogP contribution in [0.3, 0.4) is 0 Å². The molecule has 0 amide bonds. The summed E-state index contributed by atoms with van der Waals surface area (Å²) in [5, 5.41) is 0.976. The Bertz CT molecular complexity index is 485. The summed E-state index contributed by atoms with van der Waals surface area (Å²) in [6, 6.07) is 2.03. The van der Waals surface area contributed by atoms with Crippen molar-refractivity contribution >= 4 is 34.8 Å². The molecule has 1 saturated heterocycles. The Kier molecular flexibility index (Phi) is 3.71. The Hall–Kier alpha value is -0.750. The van der Waals surface area contributed by atoms with Crippen LogP contribution in [-0.2, 0) is 4.74 Å². The van der Waals surface area contributed by atoms with Crippen LogP contribution in [0, 0.1) is 0 Å². The number of nitrogens with zero attached hydrogens (tertiary/aromatic N) is 2. The predicted molar refractivity (Wildman–Crippen MR) is 76.8 cm³/mol. The van der Waals surface area contributed by atoms with Gasteiger partial charge in [-0.1, -0.05) is 23.2 Å². The van der Waals surface area contributed by atoms with E-state index in [4.69, 9.17) is 33.8 Å². The molecule has 2 atom stereocenters. The van der Waals surface area contributed by atoms with E-state index in [1.807, 2.05) is 0 Å². The summed E-state index contributed by atoms with van der Waals surface area (Å²) in [6.45, 7) is 1.49. The predicted octanol–water partition coefficient (Wildman–Crippen LogP) is 2.43. The molecule has 5 nitrogen and oxygen atoms in total. The van der Waals surface area contributed by atoms with Crippen LogP contribution < -0.4 is 16.2 Å². The quantitative estimate of drug-likeness (QED) is 0.649. The fraction of sp³-hybridized carbons (Fsp3) is 0.583. The number of hydrogen-bond donors (Lipinski definition) is 2. The fourth-order valence-corrected chi connectivity index (χ4v) is 3.47. The molecule has 0 spiro atoms. The lowest BCUT2D eigenvalue weighted by Crippen LogP contribution is -2.49. The topological polar surface area (TPSA) is 63.4 Å². The zero-order valence-corrected chi connectivity index (χ0v) is 11.9. The molecule has 1 aliphatic heterocycles. The van der Waals surface area contributed by atoms with Crippen molar-refractivity contribution in [3.63, 3.8) is 0 Å². The van der Waals surface area contributed by atoms with Gasteiger partial charge in [-0.05, 0) is 25.3 Å². The number of morpholine rings is 1. The van der Waals surface area contributed by atoms with Gasteiger partial charge in [-0.25, -0.2) is 10.8 Å². The summed E-state index contributed by atoms with van der Waals surface area (Å²) in [4.78, 5) is 6.67. The van der Waals surface area contributed by atoms with Gasteiger partial charge in [0.2, 0.25) is 0 Å². The van der Waals surface area contributed by atoms with E-state index in [1.165, 1.54) is 6.42 Å². The average molecular weight is 303 g/mol. The molecule has 3 N–H and O–H groups in total. The molecule has 104 valence electrons. The highest BCUT2D eigenvalue weighted by molar-refractivity contribution is 6.37. The van der Waals surface area contributed by atoms with Crippen LogP contribution in [-0.4, -0.2) is 30.3 Å². The minimum absolute atomic E-state index is 0.289. The molecule has 19 heavy (non-hydrogen) atoms. The van der Waals surface area contributed by atoms with E-state index in [0.29, 0.717) is 28.5 Å². The Balaban J connectivity index is 1.96. The van der Waals surface area contributed by atoms with E-state index in [9.17, 15) is 0 Å². The van der Waals surface area contributed by atoms with Crippen LogP contribution in [0.2, 0.25) is 10.0 Å². The average Bonchev–Trinajstić information content (AvgIpc) is 2.87. The third-order valence-electron chi connectivity index (χ3n) is 3.80. The molecule has 2 unspecified atom stereocenters. The molecular formula is C12H16Cl2N4O. The summed E-state index contributed by atoms with van der Waals surface area (Å²) >= 11 is 12.3. The van der Waals surface area contributed by atoms with Crippen LogP contribution in [0.1, 0.15) is 19.3 Å². The third kappa shape index (κ3) is 2.36. The van der Waals surface area contributed by atoms with Crippen molar-refractivity contribution in [3.8, 4) is 0 Å². The van der Waals surface area contributed by atoms with Crippen molar-refractivity contribution in [1.29, 1.82) is 0 Å². The van der Waals surface area contributed by atoms with Crippen molar-refractivity contribution in [2.45, 2.75) is 31.4 Å². The van der Waals surface area contributed by atoms with E-state index >= 15 is 0 Å². The minimum atomic E-state index is 0.289. The number of hydrazine groups is 1. The van der Waals surface area contributed by atoms with Gasteiger partial charge in [-0.2, -0.15) is 0 Å². The first-order valence-electron chi connectivity index (χ1n) is 6.41. The fourth-order valence-electron chi connectivity index (χ4n) is 2.95. The Morgan fingerprint density at radius 3 is 3.00 bits per heavy atom. The Morgan fingerprint density at radius 2 is 2.21 bits per heavy atom. The second kappa shape index (κ2) is 5.32. The highest BCUT2D eigenvalue weighted by Crippen LogP contribution is 2.37. The third-order valence-corrected chi connectivity index (χ3v) is 4.37. The lowest BCUT2D eigenvalue weighted by atomic mass is 10.1. The number of halogens is 2. The van der Waals surface area contributed by atoms with Gasteiger partial charge in [0.25, 0.3) is 0 Å². The van der Waals surface area contributed by atoms with Gasteiger partial charge in [-0.15, -0.1) is 0 Å². The van der Waals surface area contributed by atoms with Gasteiger partial charge in [0, 0.05) is 6.54 Å². The number of anilines is 2. The maximum atomic E-state index is 6.28. The Morgan fingerprint density at radius 1 is 1.37 bits per heavy atom. The van der Waals surface area contributed by atoms with Crippen LogP contribution in [0.25, 0.3) is 0 Å². The molecule has 2 fully saturated rings. The lowest BCUT2D eigenvalue weighted by Gasteiger charge is -2.39. The molecule has 0 bridgehead atoms. The van der Waals surface area contributed by atoms with Crippen LogP contribution in [0.4, 0.5) is 11.6 Å². The number of aromatic nitrogens is 1. The molecular weight excluding hydrogens is 287 g/mol. The normalized spacial score (nSPS) is 26.4. The summed E-state index contributed by atoms with van der Waals surface area (Å²) in [5.41, 5.74) is 2.50. The second-order valence-electron chi connectivity index (χ2n) is 4.87. The SMILES string of the molecule is NNc1nc(N2CCOC3CCCC32)c(Cl)cc1Cl. The number of nitrogens with two attached hydrogens (primary N) is 1. The molecule has 7 heteroatoms. The van der Waals surface area contributed by atoms with E-state index in [2.05, 4.69) is 15.3 Å². The highest BCUT2D eigenvalue weighted by Gasteiger charge is 2.37.